The van der Waals surface area contributed by atoms with Gasteiger partial charge in [-0.05, 0) is 5.56 Å². The standard InChI is InChI=1S/C24H23F4N3O8S/c25-15-8-16(26)23(28)24(22(15)27)39-12-18(32)17(9-21(35)36)29-19(33)10-30-6-7-31(11-20(30)34)40(37,38)13-14-4-2-1-3-5-14/h1-5,8,17H,6-7,9-13H2,(H,29,33)(H,35,36). The van der Waals surface area contributed by atoms with E-state index in [1.165, 1.54) is 0 Å². The van der Waals surface area contributed by atoms with Gasteiger partial charge in [0, 0.05) is 19.2 Å². The number of carboxylic acids is 1. The van der Waals surface area contributed by atoms with Gasteiger partial charge in [0.05, 0.1) is 25.3 Å². The molecule has 2 amide bonds. The SMILES string of the molecule is O=C(O)CC(NC(=O)CN1CCN(S(=O)(=O)Cc2ccccc2)CC1=O)C(=O)COc1c(F)c(F)cc(F)c1F. The van der Waals surface area contributed by atoms with Crippen molar-refractivity contribution < 1.29 is 55.0 Å². The van der Waals surface area contributed by atoms with E-state index in [1.54, 1.807) is 30.3 Å². The number of hydrogen-bond donors (Lipinski definition) is 2. The predicted molar refractivity (Wildman–Crippen MR) is 128 cm³/mol. The Kier molecular flexibility index (Phi) is 9.81. The lowest BCUT2D eigenvalue weighted by Gasteiger charge is -2.33. The fourth-order valence-electron chi connectivity index (χ4n) is 3.72. The molecule has 3 rings (SSSR count). The second kappa shape index (κ2) is 12.9. The molecule has 1 atom stereocenters. The van der Waals surface area contributed by atoms with Crippen molar-refractivity contribution in [2.24, 2.45) is 0 Å². The van der Waals surface area contributed by atoms with E-state index in [4.69, 9.17) is 5.11 Å². The van der Waals surface area contributed by atoms with Gasteiger partial charge < -0.3 is 20.1 Å². The number of rotatable bonds is 12. The van der Waals surface area contributed by atoms with Gasteiger partial charge in [0.1, 0.15) is 12.6 Å². The van der Waals surface area contributed by atoms with Crippen LogP contribution in [0.1, 0.15) is 12.0 Å². The Bertz CT molecular complexity index is 1380. The van der Waals surface area contributed by atoms with Crippen LogP contribution in [0, 0.1) is 23.3 Å². The van der Waals surface area contributed by atoms with E-state index < -0.39 is 94.8 Å². The van der Waals surface area contributed by atoms with Crippen molar-refractivity contribution in [1.82, 2.24) is 14.5 Å². The van der Waals surface area contributed by atoms with Crippen molar-refractivity contribution in [1.29, 1.82) is 0 Å². The van der Waals surface area contributed by atoms with Crippen LogP contribution in [0.2, 0.25) is 0 Å². The lowest BCUT2D eigenvalue weighted by atomic mass is 10.1. The smallest absolute Gasteiger partial charge is 0.305 e. The summed E-state index contributed by atoms with van der Waals surface area (Å²) in [4.78, 5) is 49.7. The molecule has 2 aromatic rings. The number of ketones is 1. The quantitative estimate of drug-likeness (QED) is 0.273. The normalized spacial score (nSPS) is 15.0. The summed E-state index contributed by atoms with van der Waals surface area (Å²) in [5.74, 6) is -13.8. The lowest BCUT2D eigenvalue weighted by Crippen LogP contribution is -2.55. The summed E-state index contributed by atoms with van der Waals surface area (Å²) in [6, 6.07) is 6.41. The van der Waals surface area contributed by atoms with E-state index in [0.717, 1.165) is 9.21 Å². The molecule has 2 N–H and O–H groups in total. The molecule has 0 aliphatic carbocycles. The molecule has 0 spiro atoms. The molecule has 1 saturated heterocycles. The van der Waals surface area contributed by atoms with E-state index in [1.807, 2.05) is 0 Å². The van der Waals surface area contributed by atoms with Gasteiger partial charge in [0.25, 0.3) is 0 Å². The molecule has 11 nitrogen and oxygen atoms in total. The first-order valence-corrected chi connectivity index (χ1v) is 13.2. The predicted octanol–water partition coefficient (Wildman–Crippen LogP) is 0.825. The minimum atomic E-state index is -3.84. The topological polar surface area (TPSA) is 150 Å². The summed E-state index contributed by atoms with van der Waals surface area (Å²) in [5, 5.41) is 11.1. The summed E-state index contributed by atoms with van der Waals surface area (Å²) in [5.41, 5.74) is 0.517. The molecule has 0 radical (unpaired) electrons. The molecular weight excluding hydrogens is 566 g/mol. The highest BCUT2D eigenvalue weighted by atomic mass is 32.2. The van der Waals surface area contributed by atoms with E-state index in [2.05, 4.69) is 10.1 Å². The molecule has 216 valence electrons. The zero-order valence-electron chi connectivity index (χ0n) is 20.6. The average Bonchev–Trinajstić information content (AvgIpc) is 2.88. The van der Waals surface area contributed by atoms with Crippen LogP contribution >= 0.6 is 0 Å². The van der Waals surface area contributed by atoms with Gasteiger partial charge in [-0.15, -0.1) is 0 Å². The van der Waals surface area contributed by atoms with Crippen molar-refractivity contribution in [3.05, 3.63) is 65.2 Å². The van der Waals surface area contributed by atoms with Crippen molar-refractivity contribution in [2.75, 3.05) is 32.8 Å². The zero-order valence-corrected chi connectivity index (χ0v) is 21.4. The minimum Gasteiger partial charge on any atom is -0.481 e. The number of piperazine rings is 1. The molecule has 0 aromatic heterocycles. The molecule has 0 bridgehead atoms. The number of aliphatic carboxylic acids is 1. The zero-order chi connectivity index (χ0) is 29.6. The van der Waals surface area contributed by atoms with Crippen LogP contribution in [0.15, 0.2) is 36.4 Å². The molecule has 1 unspecified atom stereocenters. The van der Waals surface area contributed by atoms with Gasteiger partial charge in [-0.3, -0.25) is 19.2 Å². The van der Waals surface area contributed by atoms with Crippen molar-refractivity contribution >= 4 is 33.6 Å². The molecule has 1 fully saturated rings. The molecule has 40 heavy (non-hydrogen) atoms. The summed E-state index contributed by atoms with van der Waals surface area (Å²) in [6.45, 7) is -2.76. The fraction of sp³-hybridized carbons (Fsp3) is 0.333. The molecular formula is C24H23F4N3O8S. The second-order valence-corrected chi connectivity index (χ2v) is 10.6. The molecule has 1 aliphatic rings. The van der Waals surface area contributed by atoms with Crippen LogP contribution in [0.5, 0.6) is 5.75 Å². The number of carbonyl (C=O) groups excluding carboxylic acids is 3. The highest BCUT2D eigenvalue weighted by Crippen LogP contribution is 2.26. The van der Waals surface area contributed by atoms with Crippen LogP contribution in [0.3, 0.4) is 0 Å². The van der Waals surface area contributed by atoms with Gasteiger partial charge in [-0.2, -0.15) is 13.1 Å². The van der Waals surface area contributed by atoms with Crippen molar-refractivity contribution in [2.45, 2.75) is 18.2 Å². The van der Waals surface area contributed by atoms with Crippen LogP contribution < -0.4 is 10.1 Å². The maximum Gasteiger partial charge on any atom is 0.305 e. The van der Waals surface area contributed by atoms with E-state index in [-0.39, 0.29) is 24.9 Å². The third-order valence-corrected chi connectivity index (χ3v) is 7.53. The number of carbonyl (C=O) groups is 4. The number of benzene rings is 2. The highest BCUT2D eigenvalue weighted by Gasteiger charge is 2.33. The van der Waals surface area contributed by atoms with E-state index in [0.29, 0.717) is 5.56 Å². The number of hydrogen-bond acceptors (Lipinski definition) is 7. The molecule has 2 aromatic carbocycles. The number of sulfonamides is 1. The van der Waals surface area contributed by atoms with Gasteiger partial charge in [-0.25, -0.2) is 17.2 Å². The van der Waals surface area contributed by atoms with Gasteiger partial charge in [0.2, 0.25) is 33.5 Å². The Balaban J connectivity index is 1.59. The fourth-order valence-corrected chi connectivity index (χ4v) is 5.19. The Morgan fingerprint density at radius 3 is 2.23 bits per heavy atom. The van der Waals surface area contributed by atoms with Gasteiger partial charge in [-0.1, -0.05) is 30.3 Å². The van der Waals surface area contributed by atoms with Gasteiger partial charge >= 0.3 is 5.97 Å². The number of Topliss-reactive ketones (excluding diaryl/α,β-unsaturated/α-hetero) is 1. The Hall–Kier alpha value is -4.05. The number of amides is 2. The van der Waals surface area contributed by atoms with Crippen molar-refractivity contribution in [3.8, 4) is 5.75 Å². The summed E-state index contributed by atoms with van der Waals surface area (Å²) in [7, 11) is -3.84. The number of nitrogens with one attached hydrogen (secondary N) is 1. The van der Waals surface area contributed by atoms with E-state index >= 15 is 0 Å². The van der Waals surface area contributed by atoms with Crippen molar-refractivity contribution in [3.63, 3.8) is 0 Å². The second-order valence-electron chi connectivity index (χ2n) is 8.66. The molecule has 1 heterocycles. The third kappa shape index (κ3) is 7.75. The lowest BCUT2D eigenvalue weighted by molar-refractivity contribution is -0.142. The molecule has 0 saturated carbocycles. The number of ether oxygens (including phenoxy) is 1. The number of halogens is 4. The first-order valence-electron chi connectivity index (χ1n) is 11.6. The summed E-state index contributed by atoms with van der Waals surface area (Å²) >= 11 is 0. The Morgan fingerprint density at radius 2 is 1.65 bits per heavy atom. The number of nitrogens with zero attached hydrogens (tertiary/aromatic N) is 2. The summed E-state index contributed by atoms with van der Waals surface area (Å²) in [6.07, 6.45) is -0.990. The minimum absolute atomic E-state index is 0.0768. The third-order valence-electron chi connectivity index (χ3n) is 5.74. The first-order chi connectivity index (χ1) is 18.8. The Morgan fingerprint density at radius 1 is 1.02 bits per heavy atom. The molecule has 16 heteroatoms. The Labute approximate surface area is 225 Å². The van der Waals surface area contributed by atoms with Gasteiger partial charge in [0.15, 0.2) is 23.2 Å². The highest BCUT2D eigenvalue weighted by molar-refractivity contribution is 7.88. The largest absolute Gasteiger partial charge is 0.481 e. The molecule has 1 aliphatic heterocycles. The van der Waals surface area contributed by atoms with Crippen LogP contribution in [0.4, 0.5) is 17.6 Å². The van der Waals surface area contributed by atoms with Crippen LogP contribution in [0.25, 0.3) is 0 Å². The maximum atomic E-state index is 13.8. The first kappa shape index (κ1) is 30.5. The van der Waals surface area contributed by atoms with E-state index in [9.17, 15) is 45.2 Å². The summed E-state index contributed by atoms with van der Waals surface area (Å²) < 4.78 is 85.1. The average molecular weight is 590 g/mol. The number of carboxylic acid groups (broad SMARTS) is 1. The van der Waals surface area contributed by atoms with Crippen LogP contribution in [-0.4, -0.2) is 85.1 Å². The van der Waals surface area contributed by atoms with Crippen LogP contribution in [-0.2, 0) is 35.0 Å². The monoisotopic (exact) mass is 589 g/mol. The maximum absolute atomic E-state index is 13.8.